The molecular weight excluding hydrogens is 513 g/mol. The Hall–Kier alpha value is -4.38. The van der Waals surface area contributed by atoms with Crippen molar-refractivity contribution in [1.82, 2.24) is 13.3 Å². The van der Waals surface area contributed by atoms with Crippen LogP contribution in [0.3, 0.4) is 0 Å². The number of benzene rings is 3. The van der Waals surface area contributed by atoms with Gasteiger partial charge in [-0.2, -0.15) is 8.75 Å². The van der Waals surface area contributed by atoms with Crippen LogP contribution in [0.15, 0.2) is 48.5 Å². The summed E-state index contributed by atoms with van der Waals surface area (Å²) in [6, 6.07) is 13.6. The van der Waals surface area contributed by atoms with Crippen LogP contribution in [0.1, 0.15) is 19.4 Å². The van der Waals surface area contributed by atoms with Crippen LogP contribution in [-0.4, -0.2) is 44.9 Å². The second kappa shape index (κ2) is 10.2. The quantitative estimate of drug-likeness (QED) is 0.228. The number of fused-ring (bicyclic) bond motifs is 2. The van der Waals surface area contributed by atoms with Gasteiger partial charge in [-0.1, -0.05) is 12.1 Å². The molecule has 1 N–H and O–H groups in total. The molecule has 0 fully saturated rings. The minimum atomic E-state index is -1.51. The summed E-state index contributed by atoms with van der Waals surface area (Å²) in [4.78, 5) is 11.9. The zero-order valence-electron chi connectivity index (χ0n) is 21.0. The molecule has 2 aromatic heterocycles. The Kier molecular flexibility index (Phi) is 6.77. The standard InChI is InChI=1S/C27H24FN3O6S/c1-14(2)36-24-12-21-17(11-23(24)35-4)25(16-6-8-22(34-3)18(28)10-16)26(37-27(32)33)31(21)13-15-5-7-19-20(9-15)30-38-29-19/h5-12,14H,13H2,1-4H3,(H,32,33). The maximum atomic E-state index is 14.8. The highest BCUT2D eigenvalue weighted by Crippen LogP contribution is 2.46. The lowest BCUT2D eigenvalue weighted by molar-refractivity contribution is 0.141. The normalized spacial score (nSPS) is 11.3. The first-order valence-corrected chi connectivity index (χ1v) is 12.4. The summed E-state index contributed by atoms with van der Waals surface area (Å²) in [6.45, 7) is 4.02. The predicted molar refractivity (Wildman–Crippen MR) is 141 cm³/mol. The van der Waals surface area contributed by atoms with E-state index in [1.54, 1.807) is 22.8 Å². The highest BCUT2D eigenvalue weighted by atomic mass is 32.1. The van der Waals surface area contributed by atoms with E-state index in [-0.39, 0.29) is 24.3 Å². The van der Waals surface area contributed by atoms with Crippen molar-refractivity contribution in [2.45, 2.75) is 26.5 Å². The third-order valence-corrected chi connectivity index (χ3v) is 6.50. The summed E-state index contributed by atoms with van der Waals surface area (Å²) < 4.78 is 47.1. The van der Waals surface area contributed by atoms with Crippen molar-refractivity contribution >= 4 is 39.8 Å². The second-order valence-electron chi connectivity index (χ2n) is 8.76. The lowest BCUT2D eigenvalue weighted by atomic mass is 10.0. The Morgan fingerprint density at radius 3 is 2.45 bits per heavy atom. The molecule has 0 saturated heterocycles. The van der Waals surface area contributed by atoms with E-state index in [1.807, 2.05) is 32.0 Å². The summed E-state index contributed by atoms with van der Waals surface area (Å²) in [6.07, 6.45) is -1.65. The first-order chi connectivity index (χ1) is 18.3. The van der Waals surface area contributed by atoms with Crippen LogP contribution < -0.4 is 18.9 Å². The van der Waals surface area contributed by atoms with Crippen molar-refractivity contribution < 1.29 is 33.2 Å². The van der Waals surface area contributed by atoms with E-state index in [0.717, 1.165) is 28.3 Å². The van der Waals surface area contributed by atoms with Gasteiger partial charge in [0.2, 0.25) is 5.88 Å². The smallest absolute Gasteiger partial charge is 0.494 e. The molecule has 2 heterocycles. The molecule has 0 unspecified atom stereocenters. The van der Waals surface area contributed by atoms with Gasteiger partial charge >= 0.3 is 6.16 Å². The minimum Gasteiger partial charge on any atom is -0.494 e. The molecule has 11 heteroatoms. The lowest BCUT2D eigenvalue weighted by Gasteiger charge is -2.15. The fraction of sp³-hybridized carbons (Fsp3) is 0.222. The van der Waals surface area contributed by atoms with E-state index in [9.17, 15) is 14.3 Å². The molecule has 0 spiro atoms. The summed E-state index contributed by atoms with van der Waals surface area (Å²) in [5.74, 6) is 0.406. The number of methoxy groups -OCH3 is 2. The molecule has 0 aliphatic rings. The Morgan fingerprint density at radius 2 is 1.76 bits per heavy atom. The number of carbonyl (C=O) groups is 1. The Morgan fingerprint density at radius 1 is 1.00 bits per heavy atom. The van der Waals surface area contributed by atoms with E-state index in [2.05, 4.69) is 8.75 Å². The van der Waals surface area contributed by atoms with Gasteiger partial charge in [-0.05, 0) is 55.3 Å². The summed E-state index contributed by atoms with van der Waals surface area (Å²) in [5, 5.41) is 10.3. The monoisotopic (exact) mass is 537 g/mol. The van der Waals surface area contributed by atoms with Crippen molar-refractivity contribution in [2.24, 2.45) is 0 Å². The van der Waals surface area contributed by atoms with Crippen molar-refractivity contribution in [3.05, 3.63) is 59.9 Å². The maximum absolute atomic E-state index is 14.8. The Labute approximate surface area is 221 Å². The fourth-order valence-corrected chi connectivity index (χ4v) is 4.91. The van der Waals surface area contributed by atoms with E-state index in [1.165, 1.54) is 26.4 Å². The van der Waals surface area contributed by atoms with Gasteiger partial charge in [0.25, 0.3) is 0 Å². The van der Waals surface area contributed by atoms with Crippen molar-refractivity contribution in [1.29, 1.82) is 0 Å². The molecule has 0 saturated carbocycles. The van der Waals surface area contributed by atoms with Gasteiger partial charge in [0.05, 0.1) is 49.7 Å². The first-order valence-electron chi connectivity index (χ1n) is 11.7. The molecule has 0 atom stereocenters. The van der Waals surface area contributed by atoms with Crippen molar-refractivity contribution in [3.8, 4) is 34.3 Å². The number of nitrogens with zero attached hydrogens (tertiary/aromatic N) is 3. The highest BCUT2D eigenvalue weighted by molar-refractivity contribution is 7.00. The molecule has 0 aliphatic heterocycles. The third kappa shape index (κ3) is 4.68. The number of rotatable bonds is 8. The largest absolute Gasteiger partial charge is 0.512 e. The van der Waals surface area contributed by atoms with Gasteiger partial charge in [-0.15, -0.1) is 0 Å². The Bertz CT molecular complexity index is 1660. The van der Waals surface area contributed by atoms with Gasteiger partial charge in [-0.3, -0.25) is 0 Å². The van der Waals surface area contributed by atoms with Crippen LogP contribution in [0.2, 0.25) is 0 Å². The Balaban J connectivity index is 1.81. The van der Waals surface area contributed by atoms with Crippen LogP contribution in [0.25, 0.3) is 33.1 Å². The zero-order valence-corrected chi connectivity index (χ0v) is 21.8. The molecule has 0 aliphatic carbocycles. The van der Waals surface area contributed by atoms with Crippen LogP contribution >= 0.6 is 11.7 Å². The number of aromatic nitrogens is 3. The second-order valence-corrected chi connectivity index (χ2v) is 9.29. The number of hydrogen-bond donors (Lipinski definition) is 1. The number of carboxylic acid groups (broad SMARTS) is 1. The highest BCUT2D eigenvalue weighted by Gasteiger charge is 2.26. The molecule has 0 amide bonds. The molecule has 38 heavy (non-hydrogen) atoms. The van der Waals surface area contributed by atoms with Crippen LogP contribution in [0.5, 0.6) is 23.1 Å². The predicted octanol–water partition coefficient (Wildman–Crippen LogP) is 6.36. The summed E-state index contributed by atoms with van der Waals surface area (Å²) >= 11 is 1.11. The van der Waals surface area contributed by atoms with Crippen LogP contribution in [0, 0.1) is 5.82 Å². The molecule has 0 bridgehead atoms. The number of hydrogen-bond acceptors (Lipinski definition) is 8. The van der Waals surface area contributed by atoms with Crippen molar-refractivity contribution in [3.63, 3.8) is 0 Å². The van der Waals surface area contributed by atoms with Gasteiger partial charge in [-0.25, -0.2) is 9.18 Å². The zero-order chi connectivity index (χ0) is 27.0. The van der Waals surface area contributed by atoms with Gasteiger partial charge in [0.1, 0.15) is 11.0 Å². The van der Waals surface area contributed by atoms with Crippen LogP contribution in [0.4, 0.5) is 9.18 Å². The molecular formula is C27H24FN3O6S. The number of halogens is 1. The molecule has 9 nitrogen and oxygen atoms in total. The van der Waals surface area contributed by atoms with Crippen LogP contribution in [-0.2, 0) is 6.54 Å². The fourth-order valence-electron chi connectivity index (χ4n) is 4.39. The van der Waals surface area contributed by atoms with Crippen molar-refractivity contribution in [2.75, 3.05) is 14.2 Å². The lowest BCUT2D eigenvalue weighted by Crippen LogP contribution is -2.10. The molecule has 0 radical (unpaired) electrons. The van der Waals surface area contributed by atoms with Gasteiger partial charge in [0, 0.05) is 11.5 Å². The average molecular weight is 538 g/mol. The molecule has 196 valence electrons. The summed E-state index contributed by atoms with van der Waals surface area (Å²) in [7, 11) is 2.89. The van der Waals surface area contributed by atoms with E-state index in [0.29, 0.717) is 33.5 Å². The minimum absolute atomic E-state index is 0.0253. The molecule has 5 aromatic rings. The van der Waals surface area contributed by atoms with E-state index < -0.39 is 12.0 Å². The average Bonchev–Trinajstić information content (AvgIpc) is 3.45. The van der Waals surface area contributed by atoms with E-state index >= 15 is 0 Å². The van der Waals surface area contributed by atoms with Gasteiger partial charge in [0.15, 0.2) is 23.1 Å². The molecule has 5 rings (SSSR count). The first kappa shape index (κ1) is 25.3. The SMILES string of the molecule is COc1ccc(-c2c(OC(=O)O)n(Cc3ccc4nsnc4c3)c3cc(OC(C)C)c(OC)cc23)cc1F. The van der Waals surface area contributed by atoms with Gasteiger partial charge < -0.3 is 28.6 Å². The topological polar surface area (TPSA) is 105 Å². The third-order valence-electron chi connectivity index (χ3n) is 5.95. The maximum Gasteiger partial charge on any atom is 0.512 e. The summed E-state index contributed by atoms with van der Waals surface area (Å²) in [5.41, 5.74) is 3.74. The van der Waals surface area contributed by atoms with E-state index in [4.69, 9.17) is 18.9 Å². The number of ether oxygens (including phenoxy) is 4. The molecule has 3 aromatic carbocycles.